The second kappa shape index (κ2) is 9.47. The molecule has 3 aromatic rings. The predicted molar refractivity (Wildman–Crippen MR) is 120 cm³/mol. The lowest BCUT2D eigenvalue weighted by Gasteiger charge is -2.39. The molecule has 0 radical (unpaired) electrons. The molecule has 2 N–H and O–H groups in total. The summed E-state index contributed by atoms with van der Waals surface area (Å²) in [6.07, 6.45) is 0. The van der Waals surface area contributed by atoms with E-state index in [0.717, 1.165) is 0 Å². The Hall–Kier alpha value is -4.38. The summed E-state index contributed by atoms with van der Waals surface area (Å²) in [6.45, 7) is 3.82. The van der Waals surface area contributed by atoms with Gasteiger partial charge < -0.3 is 9.64 Å². The maximum Gasteiger partial charge on any atom is 0.340 e. The van der Waals surface area contributed by atoms with Crippen LogP contribution < -0.4 is 9.62 Å². The quantitative estimate of drug-likeness (QED) is 0.436. The number of rotatable bonds is 7. The first-order valence-electron chi connectivity index (χ1n) is 10.5. The van der Waals surface area contributed by atoms with Crippen LogP contribution in [0.15, 0.2) is 35.2 Å². The minimum absolute atomic E-state index is 0.0899. The van der Waals surface area contributed by atoms with Crippen LogP contribution in [0.4, 0.5) is 5.82 Å². The zero-order valence-corrected chi connectivity index (χ0v) is 19.5. The van der Waals surface area contributed by atoms with Gasteiger partial charge in [-0.3, -0.25) is 4.79 Å². The molecule has 35 heavy (non-hydrogen) atoms. The first-order chi connectivity index (χ1) is 16.7. The molecule has 0 spiro atoms. The number of nitrogens with zero attached hydrogens (tertiary/aromatic N) is 6. The summed E-state index contributed by atoms with van der Waals surface area (Å²) in [5.74, 6) is -1.23. The summed E-state index contributed by atoms with van der Waals surface area (Å²) in [6, 6.07) is 9.10. The van der Waals surface area contributed by atoms with E-state index in [0.29, 0.717) is 22.9 Å². The Morgan fingerprint density at radius 1 is 1.29 bits per heavy atom. The van der Waals surface area contributed by atoms with Crippen molar-refractivity contribution in [3.63, 3.8) is 0 Å². The first kappa shape index (κ1) is 23.8. The fraction of sp³-hybridized carbons (Fsp3) is 0.286. The number of aromatic nitrogens is 5. The minimum Gasteiger partial charge on any atom is -0.462 e. The molecule has 1 aliphatic heterocycles. The van der Waals surface area contributed by atoms with Crippen molar-refractivity contribution in [2.45, 2.75) is 18.7 Å². The van der Waals surface area contributed by atoms with Crippen LogP contribution in [-0.2, 0) is 19.6 Å². The fourth-order valence-corrected chi connectivity index (χ4v) is 4.53. The highest BCUT2D eigenvalue weighted by Crippen LogP contribution is 2.28. The maximum absolute atomic E-state index is 12.6. The van der Waals surface area contributed by atoms with Gasteiger partial charge in [0, 0.05) is 18.7 Å². The molecule has 1 aliphatic rings. The van der Waals surface area contributed by atoms with Gasteiger partial charge in [-0.15, -0.1) is 10.2 Å². The summed E-state index contributed by atoms with van der Waals surface area (Å²) < 4.78 is 32.4. The number of pyridine rings is 1. The molecule has 4 rings (SSSR count). The number of H-pyrrole nitrogens is 1. The van der Waals surface area contributed by atoms with Gasteiger partial charge in [0.05, 0.1) is 34.2 Å². The van der Waals surface area contributed by atoms with Crippen molar-refractivity contribution in [2.24, 2.45) is 5.92 Å². The van der Waals surface area contributed by atoms with Crippen LogP contribution in [0.25, 0.3) is 11.4 Å². The number of sulfonamides is 1. The van der Waals surface area contributed by atoms with E-state index in [9.17, 15) is 23.3 Å². The van der Waals surface area contributed by atoms with E-state index in [4.69, 9.17) is 4.74 Å². The smallest absolute Gasteiger partial charge is 0.340 e. The standard InChI is InChI=1S/C21H20N8O5S/c1-3-34-21(31)17-8-14(9-22)19(23-12(17)2)29-10-15(11-29)20(30)26-35(32,33)16-6-4-13(5-7-16)18-24-27-28-25-18/h4-8,15H,3,10-11H2,1-2H3,(H,26,30)(H,24,25,27,28). The van der Waals surface area contributed by atoms with Gasteiger partial charge in [-0.05, 0) is 49.4 Å². The number of hydrogen-bond acceptors (Lipinski definition) is 11. The van der Waals surface area contributed by atoms with Crippen molar-refractivity contribution < 1.29 is 22.7 Å². The molecule has 0 saturated carbocycles. The van der Waals surface area contributed by atoms with E-state index in [1.165, 1.54) is 30.3 Å². The van der Waals surface area contributed by atoms with E-state index in [1.54, 1.807) is 18.7 Å². The number of carbonyl (C=O) groups excluding carboxylic acids is 2. The van der Waals surface area contributed by atoms with E-state index in [-0.39, 0.29) is 35.7 Å². The second-order valence-corrected chi connectivity index (χ2v) is 9.34. The van der Waals surface area contributed by atoms with Gasteiger partial charge in [0.1, 0.15) is 11.9 Å². The fourth-order valence-electron chi connectivity index (χ4n) is 3.49. The molecule has 3 heterocycles. The van der Waals surface area contributed by atoms with Crippen LogP contribution >= 0.6 is 0 Å². The van der Waals surface area contributed by atoms with Crippen molar-refractivity contribution in [2.75, 3.05) is 24.6 Å². The zero-order chi connectivity index (χ0) is 25.2. The molecule has 0 aliphatic carbocycles. The van der Waals surface area contributed by atoms with Crippen LogP contribution in [0.1, 0.15) is 28.5 Å². The van der Waals surface area contributed by atoms with Crippen molar-refractivity contribution in [1.29, 1.82) is 5.26 Å². The second-order valence-electron chi connectivity index (χ2n) is 7.66. The van der Waals surface area contributed by atoms with Gasteiger partial charge in [-0.1, -0.05) is 0 Å². The molecule has 1 fully saturated rings. The largest absolute Gasteiger partial charge is 0.462 e. The predicted octanol–water partition coefficient (Wildman–Crippen LogP) is 0.560. The Kier molecular flexibility index (Phi) is 6.43. The van der Waals surface area contributed by atoms with E-state index in [1.807, 2.05) is 6.07 Å². The average Bonchev–Trinajstić information content (AvgIpc) is 3.33. The zero-order valence-electron chi connectivity index (χ0n) is 18.7. The van der Waals surface area contributed by atoms with Crippen LogP contribution in [0.2, 0.25) is 0 Å². The molecule has 14 heteroatoms. The minimum atomic E-state index is -4.09. The number of anilines is 1. The molecule has 1 saturated heterocycles. The third-order valence-electron chi connectivity index (χ3n) is 5.36. The lowest BCUT2D eigenvalue weighted by molar-refractivity contribution is -0.123. The Balaban J connectivity index is 1.42. The highest BCUT2D eigenvalue weighted by atomic mass is 32.2. The van der Waals surface area contributed by atoms with E-state index < -0.39 is 27.8 Å². The SMILES string of the molecule is CCOC(=O)c1cc(C#N)c(N2CC(C(=O)NS(=O)(=O)c3ccc(-c4nn[nH]n4)cc3)C2)nc1C. The van der Waals surface area contributed by atoms with Gasteiger partial charge in [0.25, 0.3) is 10.0 Å². The molecular weight excluding hydrogens is 476 g/mol. The number of aryl methyl sites for hydroxylation is 1. The van der Waals surface area contributed by atoms with E-state index >= 15 is 0 Å². The molecule has 180 valence electrons. The number of tetrazole rings is 1. The summed E-state index contributed by atoms with van der Waals surface area (Å²) in [5, 5.41) is 22.9. The molecule has 2 aromatic heterocycles. The Labute approximate surface area is 200 Å². The number of ether oxygens (including phenoxy) is 1. The van der Waals surface area contributed by atoms with Gasteiger partial charge in [0.2, 0.25) is 11.7 Å². The highest BCUT2D eigenvalue weighted by Gasteiger charge is 2.37. The molecular formula is C21H20N8O5S. The molecule has 0 bridgehead atoms. The topological polar surface area (TPSA) is 184 Å². The number of esters is 1. The van der Waals surface area contributed by atoms with Crippen molar-refractivity contribution in [3.8, 4) is 17.5 Å². The number of nitriles is 1. The van der Waals surface area contributed by atoms with Gasteiger partial charge in [-0.2, -0.15) is 10.5 Å². The summed E-state index contributed by atoms with van der Waals surface area (Å²) in [7, 11) is -4.09. The van der Waals surface area contributed by atoms with Crippen LogP contribution in [-0.4, -0.2) is 65.6 Å². The van der Waals surface area contributed by atoms with Crippen LogP contribution in [0.5, 0.6) is 0 Å². The maximum atomic E-state index is 12.6. The van der Waals surface area contributed by atoms with Crippen molar-refractivity contribution >= 4 is 27.7 Å². The first-order valence-corrected chi connectivity index (χ1v) is 12.0. The Morgan fingerprint density at radius 3 is 2.60 bits per heavy atom. The Morgan fingerprint density at radius 2 is 2.00 bits per heavy atom. The molecule has 1 amide bonds. The normalized spacial score (nSPS) is 13.6. The molecule has 0 unspecified atom stereocenters. The summed E-state index contributed by atoms with van der Waals surface area (Å²) >= 11 is 0. The van der Waals surface area contributed by atoms with Gasteiger partial charge in [-0.25, -0.2) is 22.9 Å². The summed E-state index contributed by atoms with van der Waals surface area (Å²) in [4.78, 5) is 30.6. The number of benzene rings is 1. The average molecular weight is 497 g/mol. The van der Waals surface area contributed by atoms with Crippen LogP contribution in [0.3, 0.4) is 0 Å². The third-order valence-corrected chi connectivity index (χ3v) is 6.73. The van der Waals surface area contributed by atoms with Crippen LogP contribution in [0, 0.1) is 24.2 Å². The molecule has 1 aromatic carbocycles. The lowest BCUT2D eigenvalue weighted by Crippen LogP contribution is -2.55. The number of amides is 1. The number of aromatic amines is 1. The molecule has 13 nitrogen and oxygen atoms in total. The van der Waals surface area contributed by atoms with Crippen molar-refractivity contribution in [1.82, 2.24) is 30.3 Å². The van der Waals surface area contributed by atoms with E-state index in [2.05, 4.69) is 30.3 Å². The third kappa shape index (κ3) is 4.80. The van der Waals surface area contributed by atoms with Gasteiger partial charge in [0.15, 0.2) is 0 Å². The van der Waals surface area contributed by atoms with Crippen molar-refractivity contribution in [3.05, 3.63) is 47.2 Å². The number of carbonyl (C=O) groups is 2. The number of hydrogen-bond donors (Lipinski definition) is 2. The highest BCUT2D eigenvalue weighted by molar-refractivity contribution is 7.90. The monoisotopic (exact) mass is 496 g/mol. The summed E-state index contributed by atoms with van der Waals surface area (Å²) in [5.41, 5.74) is 1.30. The molecule has 0 atom stereocenters. The lowest BCUT2D eigenvalue weighted by atomic mass is 9.98. The Bertz CT molecular complexity index is 1410. The number of nitrogens with one attached hydrogen (secondary N) is 2. The van der Waals surface area contributed by atoms with Gasteiger partial charge >= 0.3 is 5.97 Å².